The second kappa shape index (κ2) is 7.28. The number of carbonyl (C=O) groups is 2. The number of carboxylic acids is 1. The monoisotopic (exact) mass is 336 g/mol. The Labute approximate surface area is 138 Å². The van der Waals surface area contributed by atoms with Crippen LogP contribution in [0.25, 0.3) is 0 Å². The van der Waals surface area contributed by atoms with Crippen molar-refractivity contribution in [2.75, 3.05) is 0 Å². The van der Waals surface area contributed by atoms with Crippen molar-refractivity contribution in [2.45, 2.75) is 32.2 Å². The molecule has 1 aromatic carbocycles. The lowest BCUT2D eigenvalue weighted by Crippen LogP contribution is -2.30. The molecule has 1 heterocycles. The van der Waals surface area contributed by atoms with Crippen molar-refractivity contribution in [1.29, 1.82) is 0 Å². The Morgan fingerprint density at radius 3 is 2.65 bits per heavy atom. The van der Waals surface area contributed by atoms with Crippen molar-refractivity contribution >= 4 is 23.5 Å². The number of hydrogen-bond acceptors (Lipinski definition) is 4. The maximum Gasteiger partial charge on any atom is 0.305 e. The zero-order chi connectivity index (χ0) is 17.0. The van der Waals surface area contributed by atoms with Crippen LogP contribution in [0.15, 0.2) is 34.9 Å². The van der Waals surface area contributed by atoms with Gasteiger partial charge in [0.25, 0.3) is 5.91 Å². The highest BCUT2D eigenvalue weighted by Crippen LogP contribution is 2.22. The van der Waals surface area contributed by atoms with Crippen molar-refractivity contribution in [3.8, 4) is 0 Å². The fraction of sp³-hybridized carbons (Fsp3) is 0.312. The summed E-state index contributed by atoms with van der Waals surface area (Å²) in [5, 5.41) is 15.9. The molecular formula is C16H17ClN2O4. The number of carboxylic acid groups (broad SMARTS) is 1. The fourth-order valence-electron chi connectivity index (χ4n) is 2.05. The highest BCUT2D eigenvalue weighted by molar-refractivity contribution is 6.30. The van der Waals surface area contributed by atoms with Crippen LogP contribution < -0.4 is 5.32 Å². The van der Waals surface area contributed by atoms with E-state index in [2.05, 4.69) is 10.5 Å². The Morgan fingerprint density at radius 1 is 1.35 bits per heavy atom. The smallest absolute Gasteiger partial charge is 0.305 e. The molecule has 0 bridgehead atoms. The predicted octanol–water partition coefficient (Wildman–Crippen LogP) is 3.40. The van der Waals surface area contributed by atoms with Crippen LogP contribution >= 0.6 is 11.6 Å². The number of carbonyl (C=O) groups excluding carboxylic acids is 1. The topological polar surface area (TPSA) is 92.4 Å². The fourth-order valence-corrected chi connectivity index (χ4v) is 2.25. The number of benzene rings is 1. The number of nitrogens with zero attached hydrogens (tertiary/aromatic N) is 1. The molecular weight excluding hydrogens is 320 g/mol. The molecule has 23 heavy (non-hydrogen) atoms. The quantitative estimate of drug-likeness (QED) is 0.843. The Kier molecular flexibility index (Phi) is 5.39. The number of hydrogen-bond donors (Lipinski definition) is 2. The van der Waals surface area contributed by atoms with Crippen LogP contribution in [-0.2, 0) is 4.79 Å². The van der Waals surface area contributed by atoms with Crippen LogP contribution in [-0.4, -0.2) is 22.1 Å². The molecule has 0 saturated carbocycles. The number of nitrogens with one attached hydrogen (secondary N) is 1. The van der Waals surface area contributed by atoms with Gasteiger partial charge in [0, 0.05) is 17.0 Å². The maximum atomic E-state index is 12.3. The first-order valence-corrected chi connectivity index (χ1v) is 7.49. The highest BCUT2D eigenvalue weighted by Gasteiger charge is 2.21. The zero-order valence-corrected chi connectivity index (χ0v) is 13.5. The van der Waals surface area contributed by atoms with Crippen LogP contribution in [0.5, 0.6) is 0 Å². The summed E-state index contributed by atoms with van der Waals surface area (Å²) in [4.78, 5) is 23.3. The van der Waals surface area contributed by atoms with E-state index in [1.807, 2.05) is 13.8 Å². The van der Waals surface area contributed by atoms with Gasteiger partial charge in [0.05, 0.1) is 12.5 Å². The third-order valence-electron chi connectivity index (χ3n) is 3.27. The van der Waals surface area contributed by atoms with Gasteiger partial charge in [-0.2, -0.15) is 0 Å². The summed E-state index contributed by atoms with van der Waals surface area (Å²) in [7, 11) is 0. The molecule has 1 atom stereocenters. The molecule has 0 aliphatic heterocycles. The van der Waals surface area contributed by atoms with Crippen molar-refractivity contribution in [3.63, 3.8) is 0 Å². The average Bonchev–Trinajstić information content (AvgIpc) is 2.96. The van der Waals surface area contributed by atoms with Gasteiger partial charge in [-0.05, 0) is 17.7 Å². The molecule has 122 valence electrons. The number of halogens is 1. The molecule has 0 spiro atoms. The molecule has 0 aliphatic rings. The average molecular weight is 337 g/mol. The molecule has 0 radical (unpaired) electrons. The molecule has 1 amide bonds. The van der Waals surface area contributed by atoms with E-state index in [1.165, 1.54) is 0 Å². The number of rotatable bonds is 6. The molecule has 6 nitrogen and oxygen atoms in total. The lowest BCUT2D eigenvalue weighted by Gasteiger charge is -2.16. The second-order valence-corrected chi connectivity index (χ2v) is 5.88. The number of aliphatic carboxylic acids is 1. The van der Waals surface area contributed by atoms with E-state index >= 15 is 0 Å². The molecule has 0 saturated heterocycles. The Morgan fingerprint density at radius 2 is 2.09 bits per heavy atom. The largest absolute Gasteiger partial charge is 0.481 e. The third kappa shape index (κ3) is 4.56. The van der Waals surface area contributed by atoms with Gasteiger partial charge < -0.3 is 14.9 Å². The molecule has 0 aliphatic carbocycles. The Hall–Kier alpha value is -2.34. The van der Waals surface area contributed by atoms with Gasteiger partial charge in [-0.1, -0.05) is 42.7 Å². The molecule has 7 heteroatoms. The van der Waals surface area contributed by atoms with Crippen molar-refractivity contribution in [3.05, 3.63) is 52.4 Å². The summed E-state index contributed by atoms with van der Waals surface area (Å²) in [5.74, 6) is -0.829. The SMILES string of the molecule is CC(C)c1cc(C(=O)NC(CC(=O)O)c2cccc(Cl)c2)no1. The first-order chi connectivity index (χ1) is 10.9. The van der Waals surface area contributed by atoms with E-state index in [4.69, 9.17) is 21.2 Å². The molecule has 2 rings (SSSR count). The lowest BCUT2D eigenvalue weighted by atomic mass is 10.0. The van der Waals surface area contributed by atoms with Crippen molar-refractivity contribution in [2.24, 2.45) is 0 Å². The van der Waals surface area contributed by atoms with Crippen LogP contribution in [0.2, 0.25) is 5.02 Å². The van der Waals surface area contributed by atoms with Crippen LogP contribution in [0.4, 0.5) is 0 Å². The minimum absolute atomic E-state index is 0.104. The van der Waals surface area contributed by atoms with Crippen molar-refractivity contribution < 1.29 is 19.2 Å². The zero-order valence-electron chi connectivity index (χ0n) is 12.7. The van der Waals surface area contributed by atoms with E-state index in [0.717, 1.165) is 0 Å². The van der Waals surface area contributed by atoms with Gasteiger partial charge in [0.1, 0.15) is 5.76 Å². The normalized spacial score (nSPS) is 12.2. The van der Waals surface area contributed by atoms with Crippen molar-refractivity contribution in [1.82, 2.24) is 10.5 Å². The molecule has 1 unspecified atom stereocenters. The van der Waals surface area contributed by atoms with E-state index in [0.29, 0.717) is 16.3 Å². The second-order valence-electron chi connectivity index (χ2n) is 5.45. The minimum atomic E-state index is -1.03. The predicted molar refractivity (Wildman–Crippen MR) is 84.5 cm³/mol. The van der Waals surface area contributed by atoms with E-state index in [-0.39, 0.29) is 18.0 Å². The van der Waals surface area contributed by atoms with Gasteiger partial charge in [0.2, 0.25) is 0 Å². The summed E-state index contributed by atoms with van der Waals surface area (Å²) in [6, 6.07) is 7.55. The number of amides is 1. The van der Waals surface area contributed by atoms with E-state index in [9.17, 15) is 9.59 Å². The van der Waals surface area contributed by atoms with E-state index in [1.54, 1.807) is 30.3 Å². The highest BCUT2D eigenvalue weighted by atomic mass is 35.5. The molecule has 0 fully saturated rings. The van der Waals surface area contributed by atoms with Gasteiger partial charge in [-0.3, -0.25) is 9.59 Å². The standard InChI is InChI=1S/C16H17ClN2O4/c1-9(2)14-7-13(19-23-14)16(22)18-12(8-15(20)21)10-4-3-5-11(17)6-10/h3-7,9,12H,8H2,1-2H3,(H,18,22)(H,20,21). The third-order valence-corrected chi connectivity index (χ3v) is 3.50. The first-order valence-electron chi connectivity index (χ1n) is 7.11. The Balaban J connectivity index is 2.19. The van der Waals surface area contributed by atoms with Gasteiger partial charge in [-0.25, -0.2) is 0 Å². The summed E-state index contributed by atoms with van der Waals surface area (Å²) < 4.78 is 5.09. The summed E-state index contributed by atoms with van der Waals surface area (Å²) >= 11 is 5.93. The van der Waals surface area contributed by atoms with Gasteiger partial charge >= 0.3 is 5.97 Å². The van der Waals surface area contributed by atoms with Crippen LogP contribution in [0.3, 0.4) is 0 Å². The van der Waals surface area contributed by atoms with Crippen LogP contribution in [0.1, 0.15) is 54.0 Å². The first kappa shape index (κ1) is 17.0. The molecule has 2 aromatic rings. The summed E-state index contributed by atoms with van der Waals surface area (Å²) in [6.07, 6.45) is -0.263. The molecule has 2 N–H and O–H groups in total. The summed E-state index contributed by atoms with van der Waals surface area (Å²) in [6.45, 7) is 3.84. The lowest BCUT2D eigenvalue weighted by molar-refractivity contribution is -0.137. The number of aromatic nitrogens is 1. The Bertz CT molecular complexity index is 712. The van der Waals surface area contributed by atoms with Gasteiger partial charge in [0.15, 0.2) is 5.69 Å². The molecule has 1 aromatic heterocycles. The van der Waals surface area contributed by atoms with Gasteiger partial charge in [-0.15, -0.1) is 0 Å². The maximum absolute atomic E-state index is 12.3. The van der Waals surface area contributed by atoms with Crippen LogP contribution in [0, 0.1) is 0 Å². The summed E-state index contributed by atoms with van der Waals surface area (Å²) in [5.41, 5.74) is 0.729. The minimum Gasteiger partial charge on any atom is -0.481 e. The van der Waals surface area contributed by atoms with E-state index < -0.39 is 17.9 Å².